The number of aromatic nitrogens is 3. The Balaban J connectivity index is 1.92. The van der Waals surface area contributed by atoms with Crippen LogP contribution in [0.4, 0.5) is 5.69 Å². The van der Waals surface area contributed by atoms with Gasteiger partial charge in [-0.3, -0.25) is 4.79 Å². The maximum atomic E-state index is 12.1. The number of anilines is 1. The van der Waals surface area contributed by atoms with Crippen LogP contribution in [-0.2, 0) is 0 Å². The third kappa shape index (κ3) is 2.45. The van der Waals surface area contributed by atoms with E-state index < -0.39 is 0 Å². The molecule has 0 aliphatic rings. The van der Waals surface area contributed by atoms with Crippen LogP contribution in [0.2, 0.25) is 10.2 Å². The highest BCUT2D eigenvalue weighted by Crippen LogP contribution is 2.23. The Hall–Kier alpha value is -1.76. The van der Waals surface area contributed by atoms with Gasteiger partial charge in [-0.1, -0.05) is 29.3 Å². The van der Waals surface area contributed by atoms with Crippen LogP contribution in [0.5, 0.6) is 0 Å². The number of hydrogen-bond donors (Lipinski definition) is 1. The highest BCUT2D eigenvalue weighted by molar-refractivity contribution is 7.00. The number of pyridine rings is 1. The lowest BCUT2D eigenvalue weighted by atomic mass is 10.2. The van der Waals surface area contributed by atoms with Crippen LogP contribution in [0.15, 0.2) is 30.5 Å². The van der Waals surface area contributed by atoms with Gasteiger partial charge < -0.3 is 5.32 Å². The first kappa shape index (κ1) is 13.2. The molecule has 3 aromatic rings. The zero-order valence-corrected chi connectivity index (χ0v) is 12.1. The molecule has 20 heavy (non-hydrogen) atoms. The quantitative estimate of drug-likeness (QED) is 0.730. The van der Waals surface area contributed by atoms with Crippen molar-refractivity contribution in [2.45, 2.75) is 0 Å². The zero-order valence-electron chi connectivity index (χ0n) is 9.80. The highest BCUT2D eigenvalue weighted by Gasteiger charge is 2.12. The van der Waals surface area contributed by atoms with Crippen molar-refractivity contribution < 1.29 is 4.79 Å². The van der Waals surface area contributed by atoms with Gasteiger partial charge in [0.05, 0.1) is 28.0 Å². The molecule has 0 unspecified atom stereocenters. The summed E-state index contributed by atoms with van der Waals surface area (Å²) in [7, 11) is 0. The number of halogens is 2. The van der Waals surface area contributed by atoms with E-state index in [4.69, 9.17) is 23.2 Å². The van der Waals surface area contributed by atoms with Gasteiger partial charge in [-0.15, -0.1) is 0 Å². The molecular formula is C12H6Cl2N4OS. The zero-order chi connectivity index (χ0) is 14.1. The molecule has 0 bridgehead atoms. The third-order valence-electron chi connectivity index (χ3n) is 2.59. The molecule has 0 saturated heterocycles. The summed E-state index contributed by atoms with van der Waals surface area (Å²) in [6, 6.07) is 6.85. The summed E-state index contributed by atoms with van der Waals surface area (Å²) in [6.07, 6.45) is 1.36. The van der Waals surface area contributed by atoms with Crippen molar-refractivity contribution >= 4 is 57.6 Å². The monoisotopic (exact) mass is 324 g/mol. The van der Waals surface area contributed by atoms with Gasteiger partial charge in [-0.25, -0.2) is 4.98 Å². The number of carbonyl (C=O) groups is 1. The van der Waals surface area contributed by atoms with Crippen LogP contribution in [0, 0.1) is 0 Å². The first-order valence-electron chi connectivity index (χ1n) is 5.49. The number of carbonyl (C=O) groups excluding carboxylic acids is 1. The topological polar surface area (TPSA) is 67.8 Å². The van der Waals surface area contributed by atoms with E-state index in [0.717, 1.165) is 17.2 Å². The molecule has 1 aromatic carbocycles. The molecule has 0 aliphatic heterocycles. The Kier molecular flexibility index (Phi) is 3.52. The van der Waals surface area contributed by atoms with E-state index in [9.17, 15) is 4.79 Å². The maximum absolute atomic E-state index is 12.1. The van der Waals surface area contributed by atoms with E-state index >= 15 is 0 Å². The molecular weight excluding hydrogens is 319 g/mol. The average Bonchev–Trinajstić information content (AvgIpc) is 2.91. The standard InChI is InChI=1S/C12H6Cl2N4OS/c13-7-4-6(5-15-11(7)14)12(19)16-8-2-1-3-9-10(8)18-20-17-9/h1-5H,(H,16,19). The molecule has 0 aliphatic carbocycles. The predicted octanol–water partition coefficient (Wildman–Crippen LogP) is 3.65. The van der Waals surface area contributed by atoms with Crippen LogP contribution in [0.25, 0.3) is 11.0 Å². The van der Waals surface area contributed by atoms with Crippen LogP contribution in [-0.4, -0.2) is 19.6 Å². The van der Waals surface area contributed by atoms with Crippen LogP contribution >= 0.6 is 34.9 Å². The fraction of sp³-hybridized carbons (Fsp3) is 0. The Morgan fingerprint density at radius 1 is 1.25 bits per heavy atom. The van der Waals surface area contributed by atoms with Crippen molar-refractivity contribution in [2.24, 2.45) is 0 Å². The molecule has 2 heterocycles. The second-order valence-electron chi connectivity index (χ2n) is 3.89. The van der Waals surface area contributed by atoms with Crippen molar-refractivity contribution in [3.05, 3.63) is 46.2 Å². The molecule has 0 fully saturated rings. The van der Waals surface area contributed by atoms with Gasteiger partial charge in [0.1, 0.15) is 16.2 Å². The van der Waals surface area contributed by atoms with Gasteiger partial charge in [0.25, 0.3) is 5.91 Å². The number of fused-ring (bicyclic) bond motifs is 1. The van der Waals surface area contributed by atoms with Gasteiger partial charge in [0.2, 0.25) is 0 Å². The first-order chi connectivity index (χ1) is 9.65. The second kappa shape index (κ2) is 5.32. The molecule has 1 amide bonds. The largest absolute Gasteiger partial charge is 0.320 e. The van der Waals surface area contributed by atoms with Gasteiger partial charge in [-0.05, 0) is 18.2 Å². The lowest BCUT2D eigenvalue weighted by Crippen LogP contribution is -2.12. The van der Waals surface area contributed by atoms with Crippen molar-refractivity contribution in [3.8, 4) is 0 Å². The molecule has 0 saturated carbocycles. The number of benzene rings is 1. The molecule has 8 heteroatoms. The number of rotatable bonds is 2. The van der Waals surface area contributed by atoms with E-state index in [2.05, 4.69) is 19.0 Å². The summed E-state index contributed by atoms with van der Waals surface area (Å²) in [4.78, 5) is 16.0. The summed E-state index contributed by atoms with van der Waals surface area (Å²) in [5, 5.41) is 3.15. The SMILES string of the molecule is O=C(Nc1cccc2nsnc12)c1cnc(Cl)c(Cl)c1. The van der Waals surface area contributed by atoms with Gasteiger partial charge in [0, 0.05) is 6.20 Å². The summed E-state index contributed by atoms with van der Waals surface area (Å²) < 4.78 is 8.26. The normalized spacial score (nSPS) is 10.7. The van der Waals surface area contributed by atoms with Crippen molar-refractivity contribution in [1.29, 1.82) is 0 Å². The minimum atomic E-state index is -0.337. The predicted molar refractivity (Wildman–Crippen MR) is 79.6 cm³/mol. The number of nitrogens with zero attached hydrogens (tertiary/aromatic N) is 3. The smallest absolute Gasteiger partial charge is 0.257 e. The van der Waals surface area contributed by atoms with E-state index in [1.54, 1.807) is 12.1 Å². The summed E-state index contributed by atoms with van der Waals surface area (Å²) in [5.41, 5.74) is 2.30. The Bertz CT molecular complexity index is 805. The van der Waals surface area contributed by atoms with Crippen molar-refractivity contribution in [2.75, 3.05) is 5.32 Å². The molecule has 5 nitrogen and oxygen atoms in total. The van der Waals surface area contributed by atoms with Gasteiger partial charge in [0.15, 0.2) is 0 Å². The fourth-order valence-corrected chi connectivity index (χ4v) is 2.47. The maximum Gasteiger partial charge on any atom is 0.257 e. The van der Waals surface area contributed by atoms with Crippen LogP contribution in [0.1, 0.15) is 10.4 Å². The Morgan fingerprint density at radius 3 is 2.90 bits per heavy atom. The van der Waals surface area contributed by atoms with E-state index in [0.29, 0.717) is 16.8 Å². The Labute approximate surface area is 127 Å². The minimum Gasteiger partial charge on any atom is -0.320 e. The summed E-state index contributed by atoms with van der Waals surface area (Å²) in [5.74, 6) is -0.337. The van der Waals surface area contributed by atoms with Crippen molar-refractivity contribution in [1.82, 2.24) is 13.7 Å². The molecule has 2 aromatic heterocycles. The lowest BCUT2D eigenvalue weighted by Gasteiger charge is -2.06. The molecule has 1 N–H and O–H groups in total. The van der Waals surface area contributed by atoms with Gasteiger partial charge >= 0.3 is 0 Å². The number of nitrogens with one attached hydrogen (secondary N) is 1. The third-order valence-corrected chi connectivity index (χ3v) is 3.82. The lowest BCUT2D eigenvalue weighted by molar-refractivity contribution is 0.102. The van der Waals surface area contributed by atoms with Crippen LogP contribution < -0.4 is 5.32 Å². The van der Waals surface area contributed by atoms with E-state index in [1.807, 2.05) is 6.07 Å². The second-order valence-corrected chi connectivity index (χ2v) is 5.18. The minimum absolute atomic E-state index is 0.161. The van der Waals surface area contributed by atoms with E-state index in [1.165, 1.54) is 12.3 Å². The molecule has 3 rings (SSSR count). The van der Waals surface area contributed by atoms with Crippen molar-refractivity contribution in [3.63, 3.8) is 0 Å². The average molecular weight is 325 g/mol. The molecule has 0 spiro atoms. The number of hydrogen-bond acceptors (Lipinski definition) is 5. The fourth-order valence-electron chi connectivity index (χ4n) is 1.65. The first-order valence-corrected chi connectivity index (χ1v) is 6.97. The Morgan fingerprint density at radius 2 is 2.10 bits per heavy atom. The van der Waals surface area contributed by atoms with E-state index in [-0.39, 0.29) is 16.1 Å². The highest BCUT2D eigenvalue weighted by atomic mass is 35.5. The molecule has 0 radical (unpaired) electrons. The molecule has 100 valence electrons. The summed E-state index contributed by atoms with van der Waals surface area (Å²) >= 11 is 12.7. The van der Waals surface area contributed by atoms with Crippen LogP contribution in [0.3, 0.4) is 0 Å². The van der Waals surface area contributed by atoms with Gasteiger partial charge in [-0.2, -0.15) is 8.75 Å². The molecule has 0 atom stereocenters. The number of amides is 1. The summed E-state index contributed by atoms with van der Waals surface area (Å²) in [6.45, 7) is 0.